The van der Waals surface area contributed by atoms with Crippen molar-refractivity contribution in [2.75, 3.05) is 20.2 Å². The molecule has 33 heavy (non-hydrogen) atoms. The number of aromatic nitrogens is 5. The molecule has 1 fully saturated rings. The molecule has 3 heterocycles. The number of hydrogen-bond donors (Lipinski definition) is 0. The first-order valence-corrected chi connectivity index (χ1v) is 11.3. The molecule has 1 aliphatic heterocycles. The van der Waals surface area contributed by atoms with Gasteiger partial charge in [0, 0.05) is 31.4 Å². The van der Waals surface area contributed by atoms with E-state index in [0.29, 0.717) is 19.0 Å². The van der Waals surface area contributed by atoms with Crippen LogP contribution in [0.5, 0.6) is 5.75 Å². The van der Waals surface area contributed by atoms with Crippen LogP contribution in [0.3, 0.4) is 0 Å². The Morgan fingerprint density at radius 1 is 1.18 bits per heavy atom. The lowest BCUT2D eigenvalue weighted by Gasteiger charge is -2.33. The SMILES string of the molecule is COc1cc(-c2cn(CC3CCN(C(=O)OC(C)(C)C)CC3)nn2)ccc1-n1cnc(C)c1. The number of likely N-dealkylation sites (tertiary alicyclic amines) is 1. The monoisotopic (exact) mass is 452 g/mol. The van der Waals surface area contributed by atoms with Gasteiger partial charge in [-0.25, -0.2) is 9.78 Å². The quantitative estimate of drug-likeness (QED) is 0.579. The van der Waals surface area contributed by atoms with Crippen LogP contribution in [0.15, 0.2) is 36.9 Å². The van der Waals surface area contributed by atoms with Crippen molar-refractivity contribution in [1.29, 1.82) is 0 Å². The van der Waals surface area contributed by atoms with Gasteiger partial charge in [0.2, 0.25) is 0 Å². The minimum Gasteiger partial charge on any atom is -0.495 e. The lowest BCUT2D eigenvalue weighted by molar-refractivity contribution is 0.0177. The fourth-order valence-electron chi connectivity index (χ4n) is 4.01. The second-order valence-corrected chi connectivity index (χ2v) is 9.55. The highest BCUT2D eigenvalue weighted by Crippen LogP contribution is 2.29. The number of imidazole rings is 1. The van der Waals surface area contributed by atoms with E-state index in [-0.39, 0.29) is 6.09 Å². The number of rotatable bonds is 5. The molecule has 176 valence electrons. The van der Waals surface area contributed by atoms with E-state index >= 15 is 0 Å². The number of nitrogens with zero attached hydrogens (tertiary/aromatic N) is 6. The van der Waals surface area contributed by atoms with Gasteiger partial charge in [0.25, 0.3) is 0 Å². The molecule has 0 N–H and O–H groups in total. The van der Waals surface area contributed by atoms with E-state index in [1.807, 2.05) is 67.5 Å². The van der Waals surface area contributed by atoms with Crippen molar-refractivity contribution < 1.29 is 14.3 Å². The topological polar surface area (TPSA) is 87.3 Å². The van der Waals surface area contributed by atoms with Gasteiger partial charge >= 0.3 is 6.09 Å². The molecule has 0 bridgehead atoms. The van der Waals surface area contributed by atoms with Crippen LogP contribution in [0.25, 0.3) is 16.9 Å². The van der Waals surface area contributed by atoms with Crippen LogP contribution < -0.4 is 4.74 Å². The van der Waals surface area contributed by atoms with Crippen LogP contribution in [0, 0.1) is 12.8 Å². The highest BCUT2D eigenvalue weighted by atomic mass is 16.6. The molecule has 1 saturated heterocycles. The zero-order chi connectivity index (χ0) is 23.6. The van der Waals surface area contributed by atoms with Gasteiger partial charge < -0.3 is 18.9 Å². The van der Waals surface area contributed by atoms with Gasteiger partial charge in [-0.2, -0.15) is 0 Å². The van der Waals surface area contributed by atoms with Crippen LogP contribution >= 0.6 is 0 Å². The van der Waals surface area contributed by atoms with Gasteiger partial charge in [0.15, 0.2) is 0 Å². The van der Waals surface area contributed by atoms with Crippen molar-refractivity contribution >= 4 is 6.09 Å². The minimum atomic E-state index is -0.469. The summed E-state index contributed by atoms with van der Waals surface area (Å²) in [5.74, 6) is 1.19. The smallest absolute Gasteiger partial charge is 0.410 e. The molecule has 0 radical (unpaired) electrons. The Kier molecular flexibility index (Phi) is 6.40. The minimum absolute atomic E-state index is 0.229. The fourth-order valence-corrected chi connectivity index (χ4v) is 4.01. The second-order valence-electron chi connectivity index (χ2n) is 9.55. The second kappa shape index (κ2) is 9.25. The third-order valence-electron chi connectivity index (χ3n) is 5.72. The summed E-state index contributed by atoms with van der Waals surface area (Å²) < 4.78 is 14.9. The van der Waals surface area contributed by atoms with E-state index in [1.165, 1.54) is 0 Å². The first kappa shape index (κ1) is 22.8. The Bertz CT molecular complexity index is 1110. The highest BCUT2D eigenvalue weighted by Gasteiger charge is 2.27. The average molecular weight is 453 g/mol. The zero-order valence-corrected chi connectivity index (χ0v) is 20.0. The van der Waals surface area contributed by atoms with Crippen molar-refractivity contribution in [3.05, 3.63) is 42.6 Å². The zero-order valence-electron chi connectivity index (χ0n) is 20.0. The van der Waals surface area contributed by atoms with Gasteiger partial charge in [-0.05, 0) is 58.6 Å². The molecule has 0 spiro atoms. The van der Waals surface area contributed by atoms with Gasteiger partial charge in [-0.1, -0.05) is 11.3 Å². The summed E-state index contributed by atoms with van der Waals surface area (Å²) in [7, 11) is 1.66. The summed E-state index contributed by atoms with van der Waals surface area (Å²) in [5, 5.41) is 8.71. The van der Waals surface area contributed by atoms with Crippen LogP contribution in [-0.2, 0) is 11.3 Å². The number of piperidine rings is 1. The fraction of sp³-hybridized carbons (Fsp3) is 0.500. The number of carbonyl (C=O) groups excluding carboxylic acids is 1. The molecule has 1 amide bonds. The summed E-state index contributed by atoms with van der Waals surface area (Å²) in [4.78, 5) is 18.4. The Morgan fingerprint density at radius 2 is 1.94 bits per heavy atom. The molecule has 0 aliphatic carbocycles. The van der Waals surface area contributed by atoms with Gasteiger partial charge in [0.1, 0.15) is 17.0 Å². The maximum Gasteiger partial charge on any atom is 0.410 e. The standard InChI is InChI=1S/C24H32N6O3/c1-17-13-29(16-25-17)21-7-6-19(12-22(21)32-5)20-15-30(27-26-20)14-18-8-10-28(11-9-18)23(31)33-24(2,3)4/h6-7,12-13,15-16,18H,8-11,14H2,1-5H3. The van der Waals surface area contributed by atoms with Crippen molar-refractivity contribution in [1.82, 2.24) is 29.4 Å². The third-order valence-corrected chi connectivity index (χ3v) is 5.72. The van der Waals surface area contributed by atoms with Crippen LogP contribution in [0.1, 0.15) is 39.3 Å². The van der Waals surface area contributed by atoms with E-state index < -0.39 is 5.60 Å². The Morgan fingerprint density at radius 3 is 2.58 bits per heavy atom. The normalized spacial score (nSPS) is 15.0. The molecule has 0 saturated carbocycles. The van der Waals surface area contributed by atoms with Gasteiger partial charge in [-0.3, -0.25) is 4.68 Å². The molecule has 2 aromatic heterocycles. The maximum atomic E-state index is 12.3. The summed E-state index contributed by atoms with van der Waals surface area (Å²) in [6.45, 7) is 9.81. The van der Waals surface area contributed by atoms with Crippen molar-refractivity contribution in [2.24, 2.45) is 5.92 Å². The maximum absolute atomic E-state index is 12.3. The molecule has 1 aromatic carbocycles. The molecule has 0 atom stereocenters. The number of carbonyl (C=O) groups is 1. The number of benzene rings is 1. The largest absolute Gasteiger partial charge is 0.495 e. The van der Waals surface area contributed by atoms with Crippen molar-refractivity contribution in [2.45, 2.75) is 52.7 Å². The van der Waals surface area contributed by atoms with Crippen molar-refractivity contribution in [3.8, 4) is 22.7 Å². The first-order valence-electron chi connectivity index (χ1n) is 11.3. The summed E-state index contributed by atoms with van der Waals surface area (Å²) in [6, 6.07) is 5.99. The summed E-state index contributed by atoms with van der Waals surface area (Å²) in [6.07, 6.45) is 7.31. The van der Waals surface area contributed by atoms with Crippen LogP contribution in [0.2, 0.25) is 0 Å². The molecule has 0 unspecified atom stereocenters. The molecule has 9 heteroatoms. The number of amides is 1. The number of methoxy groups -OCH3 is 1. The average Bonchev–Trinajstić information content (AvgIpc) is 3.41. The molecule has 4 rings (SSSR count). The van der Waals surface area contributed by atoms with Crippen LogP contribution in [0.4, 0.5) is 4.79 Å². The molecule has 1 aliphatic rings. The van der Waals surface area contributed by atoms with Crippen LogP contribution in [-0.4, -0.2) is 61.3 Å². The predicted octanol–water partition coefficient (Wildman–Crippen LogP) is 4.09. The Hall–Kier alpha value is -3.36. The van der Waals surface area contributed by atoms with E-state index in [0.717, 1.165) is 47.8 Å². The predicted molar refractivity (Wildman–Crippen MR) is 124 cm³/mol. The number of hydrogen-bond acceptors (Lipinski definition) is 6. The third kappa shape index (κ3) is 5.53. The van der Waals surface area contributed by atoms with Gasteiger partial charge in [-0.15, -0.1) is 5.10 Å². The number of ether oxygens (including phenoxy) is 2. The Balaban J connectivity index is 1.38. The van der Waals surface area contributed by atoms with E-state index in [2.05, 4.69) is 15.3 Å². The highest BCUT2D eigenvalue weighted by molar-refractivity contribution is 5.68. The molecule has 9 nitrogen and oxygen atoms in total. The van der Waals surface area contributed by atoms with E-state index in [9.17, 15) is 4.79 Å². The molecular weight excluding hydrogens is 420 g/mol. The summed E-state index contributed by atoms with van der Waals surface area (Å²) in [5.41, 5.74) is 3.14. The van der Waals surface area contributed by atoms with E-state index in [1.54, 1.807) is 18.3 Å². The first-order chi connectivity index (χ1) is 15.7. The lowest BCUT2D eigenvalue weighted by Crippen LogP contribution is -2.42. The van der Waals surface area contributed by atoms with Crippen molar-refractivity contribution in [3.63, 3.8) is 0 Å². The number of aryl methyl sites for hydroxylation is 1. The molecular formula is C24H32N6O3. The Labute approximate surface area is 194 Å². The summed E-state index contributed by atoms with van der Waals surface area (Å²) >= 11 is 0. The lowest BCUT2D eigenvalue weighted by atomic mass is 9.97. The molecule has 3 aromatic rings. The van der Waals surface area contributed by atoms with E-state index in [4.69, 9.17) is 9.47 Å². The van der Waals surface area contributed by atoms with Gasteiger partial charge in [0.05, 0.1) is 31.0 Å².